The van der Waals surface area contributed by atoms with Crippen LogP contribution in [-0.2, 0) is 17.6 Å². The molecule has 4 heteroatoms. The minimum absolute atomic E-state index is 0.0434. The Morgan fingerprint density at radius 1 is 1.09 bits per heavy atom. The largest absolute Gasteiger partial charge is 0.478 e. The van der Waals surface area contributed by atoms with Gasteiger partial charge in [-0.1, -0.05) is 36.4 Å². The summed E-state index contributed by atoms with van der Waals surface area (Å²) < 4.78 is 0. The summed E-state index contributed by atoms with van der Waals surface area (Å²) in [5, 5.41) is 11.8. The van der Waals surface area contributed by atoms with E-state index in [-0.39, 0.29) is 23.9 Å². The Hall–Kier alpha value is -2.62. The number of hydrogen-bond acceptors (Lipinski definition) is 2. The molecule has 0 saturated carbocycles. The molecular formula is C19H21NO3. The van der Waals surface area contributed by atoms with Crippen molar-refractivity contribution in [1.82, 2.24) is 5.32 Å². The number of aromatic carboxylic acids is 1. The van der Waals surface area contributed by atoms with Gasteiger partial charge in [-0.05, 0) is 49.1 Å². The van der Waals surface area contributed by atoms with E-state index >= 15 is 0 Å². The molecule has 1 amide bonds. The van der Waals surface area contributed by atoms with Crippen molar-refractivity contribution in [3.8, 4) is 0 Å². The van der Waals surface area contributed by atoms with Crippen LogP contribution < -0.4 is 5.32 Å². The van der Waals surface area contributed by atoms with Crippen molar-refractivity contribution in [1.29, 1.82) is 0 Å². The topological polar surface area (TPSA) is 66.4 Å². The quantitative estimate of drug-likeness (QED) is 0.862. The highest BCUT2D eigenvalue weighted by atomic mass is 16.4. The Kier molecular flexibility index (Phi) is 5.52. The molecule has 0 aliphatic rings. The molecule has 2 aromatic rings. The first-order valence-electron chi connectivity index (χ1n) is 7.62. The van der Waals surface area contributed by atoms with Gasteiger partial charge in [0.15, 0.2) is 0 Å². The van der Waals surface area contributed by atoms with E-state index in [0.717, 1.165) is 12.0 Å². The fourth-order valence-electron chi connectivity index (χ4n) is 2.50. The van der Waals surface area contributed by atoms with Crippen molar-refractivity contribution >= 4 is 11.9 Å². The number of carboxylic acids is 1. The first-order valence-corrected chi connectivity index (χ1v) is 7.62. The Morgan fingerprint density at radius 2 is 1.74 bits per heavy atom. The van der Waals surface area contributed by atoms with Crippen LogP contribution in [0, 0.1) is 6.92 Å². The summed E-state index contributed by atoms with van der Waals surface area (Å²) >= 11 is 0. The monoisotopic (exact) mass is 311 g/mol. The molecular weight excluding hydrogens is 290 g/mol. The smallest absolute Gasteiger partial charge is 0.335 e. The minimum Gasteiger partial charge on any atom is -0.478 e. The molecule has 2 aromatic carbocycles. The van der Waals surface area contributed by atoms with E-state index in [9.17, 15) is 9.59 Å². The first kappa shape index (κ1) is 16.7. The Bertz CT molecular complexity index is 692. The second-order valence-electron chi connectivity index (χ2n) is 5.78. The number of carbonyl (C=O) groups is 2. The van der Waals surface area contributed by atoms with Gasteiger partial charge in [0.05, 0.1) is 12.0 Å². The predicted octanol–water partition coefficient (Wildman–Crippen LogP) is 2.98. The van der Waals surface area contributed by atoms with Crippen LogP contribution in [0.15, 0.2) is 48.5 Å². The van der Waals surface area contributed by atoms with Crippen LogP contribution >= 0.6 is 0 Å². The number of rotatable bonds is 6. The molecule has 120 valence electrons. The molecule has 4 nitrogen and oxygen atoms in total. The molecule has 1 atom stereocenters. The van der Waals surface area contributed by atoms with E-state index in [2.05, 4.69) is 24.4 Å². The number of hydrogen-bond donors (Lipinski definition) is 2. The van der Waals surface area contributed by atoms with Gasteiger partial charge < -0.3 is 10.4 Å². The average molecular weight is 311 g/mol. The number of aryl methyl sites for hydroxylation is 1. The molecule has 0 fully saturated rings. The lowest BCUT2D eigenvalue weighted by Crippen LogP contribution is -2.35. The molecule has 1 unspecified atom stereocenters. The Balaban J connectivity index is 1.89. The predicted molar refractivity (Wildman–Crippen MR) is 89.6 cm³/mol. The number of carboxylic acid groups (broad SMARTS) is 1. The number of nitrogens with one attached hydrogen (secondary N) is 1. The van der Waals surface area contributed by atoms with Crippen molar-refractivity contribution in [3.05, 3.63) is 70.8 Å². The zero-order valence-electron chi connectivity index (χ0n) is 13.4. The van der Waals surface area contributed by atoms with E-state index in [1.807, 2.05) is 19.1 Å². The van der Waals surface area contributed by atoms with E-state index in [1.165, 1.54) is 23.3 Å². The number of carbonyl (C=O) groups excluding carboxylic acids is 1. The van der Waals surface area contributed by atoms with Crippen LogP contribution in [0.5, 0.6) is 0 Å². The normalized spacial score (nSPS) is 11.7. The second kappa shape index (κ2) is 7.58. The SMILES string of the molecule is Cc1ccccc1CC(C)NC(=O)Cc1ccc(C(=O)O)cc1. The van der Waals surface area contributed by atoms with Gasteiger partial charge in [-0.3, -0.25) is 4.79 Å². The molecule has 0 aliphatic carbocycles. The lowest BCUT2D eigenvalue weighted by Gasteiger charge is -2.15. The zero-order chi connectivity index (χ0) is 16.8. The fraction of sp³-hybridized carbons (Fsp3) is 0.263. The summed E-state index contributed by atoms with van der Waals surface area (Å²) in [5.74, 6) is -1.03. The third kappa shape index (κ3) is 4.95. The van der Waals surface area contributed by atoms with Crippen molar-refractivity contribution in [3.63, 3.8) is 0 Å². The lowest BCUT2D eigenvalue weighted by molar-refractivity contribution is -0.121. The fourth-order valence-corrected chi connectivity index (χ4v) is 2.50. The Morgan fingerprint density at radius 3 is 2.35 bits per heavy atom. The molecule has 2 N–H and O–H groups in total. The molecule has 0 saturated heterocycles. The van der Waals surface area contributed by atoms with E-state index in [4.69, 9.17) is 5.11 Å². The summed E-state index contributed by atoms with van der Waals surface area (Å²) in [6.45, 7) is 4.05. The zero-order valence-corrected chi connectivity index (χ0v) is 13.4. The van der Waals surface area contributed by atoms with Crippen molar-refractivity contribution in [2.75, 3.05) is 0 Å². The van der Waals surface area contributed by atoms with Crippen LogP contribution in [0.25, 0.3) is 0 Å². The summed E-state index contributed by atoms with van der Waals surface area (Å²) in [4.78, 5) is 22.9. The molecule has 0 heterocycles. The second-order valence-corrected chi connectivity index (χ2v) is 5.78. The number of benzene rings is 2. The summed E-state index contributed by atoms with van der Waals surface area (Å²) in [5.41, 5.74) is 3.47. The highest BCUT2D eigenvalue weighted by Gasteiger charge is 2.10. The molecule has 0 aliphatic heterocycles. The van der Waals surface area contributed by atoms with E-state index in [1.54, 1.807) is 12.1 Å². The minimum atomic E-state index is -0.965. The van der Waals surface area contributed by atoms with Gasteiger partial charge >= 0.3 is 5.97 Å². The van der Waals surface area contributed by atoms with Crippen LogP contribution in [0.2, 0.25) is 0 Å². The maximum Gasteiger partial charge on any atom is 0.335 e. The van der Waals surface area contributed by atoms with Gasteiger partial charge in [-0.15, -0.1) is 0 Å². The molecule has 23 heavy (non-hydrogen) atoms. The molecule has 2 rings (SSSR count). The maximum atomic E-state index is 12.1. The van der Waals surface area contributed by atoms with Gasteiger partial charge in [-0.2, -0.15) is 0 Å². The number of amides is 1. The van der Waals surface area contributed by atoms with E-state index < -0.39 is 5.97 Å². The molecule has 0 aromatic heterocycles. The van der Waals surface area contributed by atoms with Crippen LogP contribution in [0.1, 0.15) is 34.0 Å². The highest BCUT2D eigenvalue weighted by Crippen LogP contribution is 2.10. The summed E-state index contributed by atoms with van der Waals surface area (Å²) in [7, 11) is 0. The van der Waals surface area contributed by atoms with Gasteiger partial charge in [-0.25, -0.2) is 4.79 Å². The molecule has 0 bridgehead atoms. The van der Waals surface area contributed by atoms with Gasteiger partial charge in [0.2, 0.25) is 5.91 Å². The van der Waals surface area contributed by atoms with Gasteiger partial charge in [0, 0.05) is 6.04 Å². The summed E-state index contributed by atoms with van der Waals surface area (Å²) in [6, 6.07) is 14.6. The Labute approximate surface area is 136 Å². The maximum absolute atomic E-state index is 12.1. The van der Waals surface area contributed by atoms with Crippen LogP contribution in [0.3, 0.4) is 0 Å². The van der Waals surface area contributed by atoms with Gasteiger partial charge in [0.1, 0.15) is 0 Å². The van der Waals surface area contributed by atoms with Crippen molar-refractivity contribution < 1.29 is 14.7 Å². The molecule has 0 spiro atoms. The van der Waals surface area contributed by atoms with Crippen LogP contribution in [-0.4, -0.2) is 23.0 Å². The van der Waals surface area contributed by atoms with E-state index in [0.29, 0.717) is 0 Å². The standard InChI is InChI=1S/C19H21NO3/c1-13-5-3-4-6-17(13)11-14(2)20-18(21)12-15-7-9-16(10-8-15)19(22)23/h3-10,14H,11-12H2,1-2H3,(H,20,21)(H,22,23). The average Bonchev–Trinajstić information content (AvgIpc) is 2.50. The van der Waals surface area contributed by atoms with Crippen molar-refractivity contribution in [2.24, 2.45) is 0 Å². The lowest BCUT2D eigenvalue weighted by atomic mass is 10.0. The highest BCUT2D eigenvalue weighted by molar-refractivity contribution is 5.87. The third-order valence-electron chi connectivity index (χ3n) is 3.76. The third-order valence-corrected chi connectivity index (χ3v) is 3.76. The van der Waals surface area contributed by atoms with Crippen molar-refractivity contribution in [2.45, 2.75) is 32.7 Å². The first-order chi connectivity index (χ1) is 11.0. The summed E-state index contributed by atoms with van der Waals surface area (Å²) in [6.07, 6.45) is 1.04. The van der Waals surface area contributed by atoms with Gasteiger partial charge in [0.25, 0.3) is 0 Å². The van der Waals surface area contributed by atoms with Crippen LogP contribution in [0.4, 0.5) is 0 Å². The molecule has 0 radical (unpaired) electrons.